The van der Waals surface area contributed by atoms with Crippen LogP contribution < -0.4 is 5.32 Å². The van der Waals surface area contributed by atoms with Gasteiger partial charge in [-0.05, 0) is 31.4 Å². The van der Waals surface area contributed by atoms with Crippen LogP contribution in [-0.4, -0.2) is 43.7 Å². The normalized spacial score (nSPS) is 12.8. The van der Waals surface area contributed by atoms with Gasteiger partial charge in [-0.1, -0.05) is 44.2 Å². The lowest BCUT2D eigenvalue weighted by molar-refractivity contribution is -0.147. The number of carboxylic acids is 1. The molecule has 8 heteroatoms. The molecule has 2 N–H and O–H groups in total. The van der Waals surface area contributed by atoms with Gasteiger partial charge in [0.25, 0.3) is 0 Å². The molecule has 0 aliphatic rings. The first-order valence-corrected chi connectivity index (χ1v) is 8.58. The second kappa shape index (κ2) is 8.07. The fraction of sp³-hybridized carbons (Fsp3) is 0.500. The molecule has 2 aromatic rings. The highest BCUT2D eigenvalue weighted by atomic mass is 16.4. The molecule has 0 bridgehead atoms. The van der Waals surface area contributed by atoms with Gasteiger partial charge < -0.3 is 10.4 Å². The first kappa shape index (κ1) is 19.6. The Hall–Kier alpha value is -2.77. The zero-order chi connectivity index (χ0) is 19.3. The maximum atomic E-state index is 12.6. The van der Waals surface area contributed by atoms with Gasteiger partial charge in [0.2, 0.25) is 11.7 Å². The van der Waals surface area contributed by atoms with E-state index in [1.54, 1.807) is 13.8 Å². The molecule has 2 rings (SSSR count). The number of hydrogen-bond donors (Lipinski definition) is 2. The summed E-state index contributed by atoms with van der Waals surface area (Å²) in [5, 5.41) is 24.4. The van der Waals surface area contributed by atoms with Gasteiger partial charge in [0.15, 0.2) is 6.04 Å². The van der Waals surface area contributed by atoms with Crippen LogP contribution in [0.3, 0.4) is 0 Å². The quantitative estimate of drug-likeness (QED) is 0.747. The van der Waals surface area contributed by atoms with Crippen LogP contribution in [-0.2, 0) is 9.59 Å². The van der Waals surface area contributed by atoms with Gasteiger partial charge in [-0.2, -0.15) is 4.80 Å². The highest BCUT2D eigenvalue weighted by molar-refractivity contribution is 5.80. The Morgan fingerprint density at radius 3 is 2.46 bits per heavy atom. The van der Waals surface area contributed by atoms with E-state index in [1.165, 1.54) is 4.80 Å². The molecule has 0 spiro atoms. The van der Waals surface area contributed by atoms with Crippen molar-refractivity contribution in [3.63, 3.8) is 0 Å². The molecule has 1 aromatic carbocycles. The molecule has 0 aliphatic heterocycles. The maximum Gasteiger partial charge on any atom is 0.309 e. The van der Waals surface area contributed by atoms with Crippen LogP contribution in [0.5, 0.6) is 0 Å². The number of nitrogens with one attached hydrogen (secondary N) is 1. The molecule has 1 aromatic heterocycles. The van der Waals surface area contributed by atoms with Crippen molar-refractivity contribution in [3.8, 4) is 11.4 Å². The van der Waals surface area contributed by atoms with Crippen molar-refractivity contribution in [3.05, 3.63) is 30.3 Å². The van der Waals surface area contributed by atoms with Crippen LogP contribution in [0.1, 0.15) is 40.2 Å². The molecule has 0 radical (unpaired) electrons. The van der Waals surface area contributed by atoms with E-state index in [2.05, 4.69) is 20.7 Å². The van der Waals surface area contributed by atoms with Crippen molar-refractivity contribution < 1.29 is 14.7 Å². The second-order valence-corrected chi connectivity index (χ2v) is 7.22. The van der Waals surface area contributed by atoms with Crippen LogP contribution in [0.15, 0.2) is 30.3 Å². The molecule has 140 valence electrons. The standard InChI is InChI=1S/C18H25N5O3/c1-12(2)14(16(24)19-11-10-18(3,4)17(25)26)23-21-15(20-22-23)13-8-6-5-7-9-13/h5-9,12,14H,10-11H2,1-4H3,(H,19,24)(H,25,26). The minimum Gasteiger partial charge on any atom is -0.481 e. The van der Waals surface area contributed by atoms with Crippen molar-refractivity contribution in [1.82, 2.24) is 25.5 Å². The Bertz CT molecular complexity index is 755. The SMILES string of the molecule is CC(C)C(C(=O)NCCC(C)(C)C(=O)O)n1nnc(-c2ccccc2)n1. The highest BCUT2D eigenvalue weighted by Crippen LogP contribution is 2.21. The van der Waals surface area contributed by atoms with Crippen LogP contribution in [0.25, 0.3) is 11.4 Å². The number of tetrazole rings is 1. The third-order valence-corrected chi connectivity index (χ3v) is 4.24. The fourth-order valence-electron chi connectivity index (χ4n) is 2.43. The number of carbonyl (C=O) groups is 2. The van der Waals surface area contributed by atoms with Gasteiger partial charge in [0.1, 0.15) is 0 Å². The maximum absolute atomic E-state index is 12.6. The summed E-state index contributed by atoms with van der Waals surface area (Å²) in [5.41, 5.74) is -0.0723. The molecule has 0 fully saturated rings. The molecular weight excluding hydrogens is 334 g/mol. The number of rotatable bonds is 8. The van der Waals surface area contributed by atoms with Crippen molar-refractivity contribution in [2.24, 2.45) is 11.3 Å². The predicted octanol–water partition coefficient (Wildman–Crippen LogP) is 2.15. The van der Waals surface area contributed by atoms with E-state index in [0.29, 0.717) is 12.2 Å². The molecule has 0 saturated carbocycles. The molecule has 1 amide bonds. The third-order valence-electron chi connectivity index (χ3n) is 4.24. The summed E-state index contributed by atoms with van der Waals surface area (Å²) in [5.74, 6) is -0.743. The number of carbonyl (C=O) groups excluding carboxylic acids is 1. The lowest BCUT2D eigenvalue weighted by atomic mass is 9.89. The van der Waals surface area contributed by atoms with E-state index in [9.17, 15) is 9.59 Å². The first-order valence-electron chi connectivity index (χ1n) is 8.58. The smallest absolute Gasteiger partial charge is 0.309 e. The van der Waals surface area contributed by atoms with E-state index in [-0.39, 0.29) is 18.4 Å². The Balaban J connectivity index is 2.08. The molecular formula is C18H25N5O3. The van der Waals surface area contributed by atoms with Crippen molar-refractivity contribution >= 4 is 11.9 Å². The van der Waals surface area contributed by atoms with E-state index < -0.39 is 17.4 Å². The Morgan fingerprint density at radius 2 is 1.88 bits per heavy atom. The Labute approximate surface area is 152 Å². The molecule has 1 atom stereocenters. The average molecular weight is 359 g/mol. The molecule has 1 heterocycles. The van der Waals surface area contributed by atoms with Crippen LogP contribution in [0.2, 0.25) is 0 Å². The van der Waals surface area contributed by atoms with Gasteiger partial charge in [-0.25, -0.2) is 0 Å². The number of benzene rings is 1. The van der Waals surface area contributed by atoms with Gasteiger partial charge in [0, 0.05) is 12.1 Å². The summed E-state index contributed by atoms with van der Waals surface area (Å²) in [7, 11) is 0. The van der Waals surface area contributed by atoms with Crippen LogP contribution in [0, 0.1) is 11.3 Å². The third kappa shape index (κ3) is 4.65. The molecule has 1 unspecified atom stereocenters. The molecule has 8 nitrogen and oxygen atoms in total. The van der Waals surface area contributed by atoms with Crippen LogP contribution >= 0.6 is 0 Å². The molecule has 26 heavy (non-hydrogen) atoms. The lowest BCUT2D eigenvalue weighted by Crippen LogP contribution is -2.39. The lowest BCUT2D eigenvalue weighted by Gasteiger charge is -2.22. The van der Waals surface area contributed by atoms with Gasteiger partial charge >= 0.3 is 5.97 Å². The van der Waals surface area contributed by atoms with Gasteiger partial charge in [-0.3, -0.25) is 9.59 Å². The minimum absolute atomic E-state index is 0.0553. The number of nitrogens with zero attached hydrogens (tertiary/aromatic N) is 4. The summed E-state index contributed by atoms with van der Waals surface area (Å²) < 4.78 is 0. The van der Waals surface area contributed by atoms with Crippen LogP contribution in [0.4, 0.5) is 0 Å². The van der Waals surface area contributed by atoms with Gasteiger partial charge in [-0.15, -0.1) is 10.2 Å². The summed E-state index contributed by atoms with van der Waals surface area (Å²) in [6.45, 7) is 7.33. The molecule has 0 saturated heterocycles. The first-order chi connectivity index (χ1) is 12.2. The zero-order valence-corrected chi connectivity index (χ0v) is 15.5. The molecule has 0 aliphatic carbocycles. The van der Waals surface area contributed by atoms with Crippen molar-refractivity contribution in [2.75, 3.05) is 6.54 Å². The Morgan fingerprint density at radius 1 is 1.23 bits per heavy atom. The second-order valence-electron chi connectivity index (χ2n) is 7.22. The predicted molar refractivity (Wildman–Crippen MR) is 96.2 cm³/mol. The monoisotopic (exact) mass is 359 g/mol. The number of hydrogen-bond acceptors (Lipinski definition) is 5. The zero-order valence-electron chi connectivity index (χ0n) is 15.5. The number of carboxylic acid groups (broad SMARTS) is 1. The van der Waals surface area contributed by atoms with Crippen molar-refractivity contribution in [1.29, 1.82) is 0 Å². The summed E-state index contributed by atoms with van der Waals surface area (Å²) in [6.07, 6.45) is 0.332. The number of amides is 1. The van der Waals surface area contributed by atoms with E-state index in [1.807, 2.05) is 44.2 Å². The van der Waals surface area contributed by atoms with Gasteiger partial charge in [0.05, 0.1) is 5.41 Å². The number of aromatic nitrogens is 4. The highest BCUT2D eigenvalue weighted by Gasteiger charge is 2.29. The summed E-state index contributed by atoms with van der Waals surface area (Å²) in [6, 6.07) is 8.80. The fourth-order valence-corrected chi connectivity index (χ4v) is 2.43. The Kier molecular flexibility index (Phi) is 6.07. The average Bonchev–Trinajstić information content (AvgIpc) is 3.04. The van der Waals surface area contributed by atoms with E-state index in [0.717, 1.165) is 5.56 Å². The summed E-state index contributed by atoms with van der Waals surface area (Å²) in [4.78, 5) is 25.1. The van der Waals surface area contributed by atoms with Crippen molar-refractivity contribution in [2.45, 2.75) is 40.2 Å². The van der Waals surface area contributed by atoms with E-state index in [4.69, 9.17) is 5.11 Å². The van der Waals surface area contributed by atoms with E-state index >= 15 is 0 Å². The largest absolute Gasteiger partial charge is 0.481 e. The minimum atomic E-state index is -0.896. The topological polar surface area (TPSA) is 110 Å². The number of aliphatic carboxylic acids is 1. The summed E-state index contributed by atoms with van der Waals surface area (Å²) >= 11 is 0.